The minimum atomic E-state index is -1.29. The third-order valence-corrected chi connectivity index (χ3v) is 2.91. The van der Waals surface area contributed by atoms with E-state index < -0.39 is 12.1 Å². The summed E-state index contributed by atoms with van der Waals surface area (Å²) in [5.74, 6) is -1.43. The van der Waals surface area contributed by atoms with Gasteiger partial charge in [0.05, 0.1) is 0 Å². The molecule has 0 aromatic heterocycles. The van der Waals surface area contributed by atoms with Gasteiger partial charge < -0.3 is 10.2 Å². The monoisotopic (exact) mass is 236 g/mol. The van der Waals surface area contributed by atoms with Crippen molar-refractivity contribution >= 4 is 5.97 Å². The van der Waals surface area contributed by atoms with E-state index in [1.54, 1.807) is 6.92 Å². The molecule has 0 aliphatic heterocycles. The SMILES string of the molecule is CCCc1ccc(CC(C)C(O)C(=O)O)cc1. The van der Waals surface area contributed by atoms with Crippen LogP contribution in [-0.4, -0.2) is 22.3 Å². The van der Waals surface area contributed by atoms with Crippen molar-refractivity contribution in [3.8, 4) is 0 Å². The van der Waals surface area contributed by atoms with Gasteiger partial charge in [0.15, 0.2) is 6.10 Å². The molecule has 1 aromatic carbocycles. The van der Waals surface area contributed by atoms with E-state index >= 15 is 0 Å². The van der Waals surface area contributed by atoms with E-state index in [4.69, 9.17) is 5.11 Å². The van der Waals surface area contributed by atoms with E-state index in [0.29, 0.717) is 6.42 Å². The van der Waals surface area contributed by atoms with Crippen LogP contribution in [0.25, 0.3) is 0 Å². The van der Waals surface area contributed by atoms with Crippen LogP contribution in [0.3, 0.4) is 0 Å². The topological polar surface area (TPSA) is 57.5 Å². The summed E-state index contributed by atoms with van der Waals surface area (Å²) in [5, 5.41) is 18.1. The van der Waals surface area contributed by atoms with E-state index in [-0.39, 0.29) is 5.92 Å². The summed E-state index contributed by atoms with van der Waals surface area (Å²) in [7, 11) is 0. The van der Waals surface area contributed by atoms with Gasteiger partial charge in [0.25, 0.3) is 0 Å². The first-order valence-electron chi connectivity index (χ1n) is 6.03. The Morgan fingerprint density at radius 3 is 2.24 bits per heavy atom. The van der Waals surface area contributed by atoms with Crippen molar-refractivity contribution in [2.45, 2.75) is 39.2 Å². The van der Waals surface area contributed by atoms with E-state index in [2.05, 4.69) is 19.1 Å². The molecule has 0 aliphatic carbocycles. The first kappa shape index (κ1) is 13.7. The molecule has 0 bridgehead atoms. The normalized spacial score (nSPS) is 14.3. The summed E-state index contributed by atoms with van der Waals surface area (Å²) >= 11 is 0. The predicted octanol–water partition coefficient (Wildman–Crippen LogP) is 2.26. The highest BCUT2D eigenvalue weighted by molar-refractivity contribution is 5.72. The van der Waals surface area contributed by atoms with Crippen molar-refractivity contribution in [1.82, 2.24) is 0 Å². The van der Waals surface area contributed by atoms with Gasteiger partial charge in [0, 0.05) is 0 Å². The van der Waals surface area contributed by atoms with Crippen LogP contribution in [0, 0.1) is 5.92 Å². The maximum absolute atomic E-state index is 10.6. The Labute approximate surface area is 102 Å². The minimum Gasteiger partial charge on any atom is -0.479 e. The van der Waals surface area contributed by atoms with Gasteiger partial charge in [0.2, 0.25) is 0 Å². The molecule has 0 fully saturated rings. The number of rotatable bonds is 6. The number of aliphatic hydroxyl groups is 1. The summed E-state index contributed by atoms with van der Waals surface area (Å²) in [6.45, 7) is 3.89. The Bertz CT molecular complexity index is 356. The number of aryl methyl sites for hydroxylation is 1. The van der Waals surface area contributed by atoms with Gasteiger partial charge in [-0.3, -0.25) is 0 Å². The van der Waals surface area contributed by atoms with Gasteiger partial charge in [-0.2, -0.15) is 0 Å². The van der Waals surface area contributed by atoms with Gasteiger partial charge in [0.1, 0.15) is 0 Å². The van der Waals surface area contributed by atoms with E-state index in [1.165, 1.54) is 5.56 Å². The number of carboxylic acid groups (broad SMARTS) is 1. The second-order valence-corrected chi connectivity index (χ2v) is 4.53. The van der Waals surface area contributed by atoms with Crippen molar-refractivity contribution in [1.29, 1.82) is 0 Å². The lowest BCUT2D eigenvalue weighted by Crippen LogP contribution is -2.28. The fourth-order valence-electron chi connectivity index (χ4n) is 1.86. The van der Waals surface area contributed by atoms with E-state index in [0.717, 1.165) is 18.4 Å². The van der Waals surface area contributed by atoms with Crippen molar-refractivity contribution in [3.05, 3.63) is 35.4 Å². The Kier molecular flexibility index (Phi) is 5.16. The number of hydrogen-bond acceptors (Lipinski definition) is 2. The lowest BCUT2D eigenvalue weighted by Gasteiger charge is -2.15. The first-order chi connectivity index (χ1) is 8.04. The summed E-state index contributed by atoms with van der Waals surface area (Å²) in [6.07, 6.45) is 1.48. The minimum absolute atomic E-state index is 0.274. The highest BCUT2D eigenvalue weighted by atomic mass is 16.4. The second kappa shape index (κ2) is 6.40. The number of aliphatic carboxylic acids is 1. The van der Waals surface area contributed by atoms with Crippen molar-refractivity contribution < 1.29 is 15.0 Å². The highest BCUT2D eigenvalue weighted by Gasteiger charge is 2.21. The van der Waals surface area contributed by atoms with Crippen LogP contribution in [0.5, 0.6) is 0 Å². The summed E-state index contributed by atoms with van der Waals surface area (Å²) < 4.78 is 0. The molecule has 0 spiro atoms. The Morgan fingerprint density at radius 1 is 1.24 bits per heavy atom. The van der Waals surface area contributed by atoms with Gasteiger partial charge in [-0.1, -0.05) is 44.5 Å². The van der Waals surface area contributed by atoms with Crippen LogP contribution in [0.2, 0.25) is 0 Å². The lowest BCUT2D eigenvalue weighted by molar-refractivity contribution is -0.149. The van der Waals surface area contributed by atoms with Gasteiger partial charge in [-0.15, -0.1) is 0 Å². The molecule has 0 heterocycles. The molecular formula is C14H20O3. The van der Waals surface area contributed by atoms with Crippen LogP contribution in [0.4, 0.5) is 0 Å². The van der Waals surface area contributed by atoms with E-state index in [9.17, 15) is 9.90 Å². The molecule has 2 atom stereocenters. The summed E-state index contributed by atoms with van der Waals surface area (Å²) in [5.41, 5.74) is 2.36. The van der Waals surface area contributed by atoms with Gasteiger partial charge in [-0.25, -0.2) is 4.79 Å². The van der Waals surface area contributed by atoms with Crippen LogP contribution in [0.15, 0.2) is 24.3 Å². The standard InChI is InChI=1S/C14H20O3/c1-3-4-11-5-7-12(8-6-11)9-10(2)13(15)14(16)17/h5-8,10,13,15H,3-4,9H2,1-2H3,(H,16,17). The third kappa shape index (κ3) is 4.19. The molecule has 0 saturated carbocycles. The highest BCUT2D eigenvalue weighted by Crippen LogP contribution is 2.14. The molecule has 17 heavy (non-hydrogen) atoms. The average molecular weight is 236 g/mol. The molecule has 0 aliphatic rings. The molecule has 2 N–H and O–H groups in total. The maximum atomic E-state index is 10.6. The quantitative estimate of drug-likeness (QED) is 0.796. The molecule has 3 nitrogen and oxygen atoms in total. The van der Waals surface area contributed by atoms with Crippen LogP contribution >= 0.6 is 0 Å². The Balaban J connectivity index is 2.59. The van der Waals surface area contributed by atoms with Crippen molar-refractivity contribution in [2.24, 2.45) is 5.92 Å². The average Bonchev–Trinajstić information content (AvgIpc) is 2.30. The molecular weight excluding hydrogens is 216 g/mol. The number of carboxylic acids is 1. The molecule has 3 heteroatoms. The number of hydrogen-bond donors (Lipinski definition) is 2. The Morgan fingerprint density at radius 2 is 1.76 bits per heavy atom. The van der Waals surface area contributed by atoms with Gasteiger partial charge >= 0.3 is 5.97 Å². The fourth-order valence-corrected chi connectivity index (χ4v) is 1.86. The van der Waals surface area contributed by atoms with E-state index in [1.807, 2.05) is 12.1 Å². The summed E-state index contributed by atoms with van der Waals surface area (Å²) in [6, 6.07) is 8.16. The molecule has 0 radical (unpaired) electrons. The van der Waals surface area contributed by atoms with Crippen LogP contribution < -0.4 is 0 Å². The zero-order valence-corrected chi connectivity index (χ0v) is 10.4. The summed E-state index contributed by atoms with van der Waals surface area (Å²) in [4.78, 5) is 10.6. The number of aliphatic hydroxyl groups excluding tert-OH is 1. The molecule has 1 aromatic rings. The number of benzene rings is 1. The smallest absolute Gasteiger partial charge is 0.332 e. The predicted molar refractivity (Wildman–Crippen MR) is 66.9 cm³/mol. The van der Waals surface area contributed by atoms with Crippen LogP contribution in [0.1, 0.15) is 31.4 Å². The maximum Gasteiger partial charge on any atom is 0.332 e. The first-order valence-corrected chi connectivity index (χ1v) is 6.03. The molecule has 2 unspecified atom stereocenters. The Hall–Kier alpha value is -1.35. The lowest BCUT2D eigenvalue weighted by atomic mass is 9.95. The zero-order chi connectivity index (χ0) is 12.8. The zero-order valence-electron chi connectivity index (χ0n) is 10.4. The van der Waals surface area contributed by atoms with Gasteiger partial charge in [-0.05, 0) is 29.9 Å². The third-order valence-electron chi connectivity index (χ3n) is 2.91. The molecule has 0 amide bonds. The number of carbonyl (C=O) groups is 1. The molecule has 1 rings (SSSR count). The fraction of sp³-hybridized carbons (Fsp3) is 0.500. The molecule has 94 valence electrons. The van der Waals surface area contributed by atoms with Crippen molar-refractivity contribution in [2.75, 3.05) is 0 Å². The molecule has 0 saturated heterocycles. The van der Waals surface area contributed by atoms with Crippen molar-refractivity contribution in [3.63, 3.8) is 0 Å². The largest absolute Gasteiger partial charge is 0.479 e. The van der Waals surface area contributed by atoms with Crippen LogP contribution in [-0.2, 0) is 17.6 Å². The second-order valence-electron chi connectivity index (χ2n) is 4.53.